The number of fused-ring (bicyclic) bond motifs is 1. The molecular weight excluding hydrogens is 224 g/mol. The SMILES string of the molecule is Cc1ccc2c(c1)OCC(c1ccccc1)C2=O. The zero-order valence-corrected chi connectivity index (χ0v) is 10.2. The van der Waals surface area contributed by atoms with E-state index < -0.39 is 0 Å². The highest BCUT2D eigenvalue weighted by Gasteiger charge is 2.29. The Balaban J connectivity index is 2.00. The van der Waals surface area contributed by atoms with Crippen LogP contribution in [0.25, 0.3) is 0 Å². The van der Waals surface area contributed by atoms with Gasteiger partial charge in [0, 0.05) is 0 Å². The predicted molar refractivity (Wildman–Crippen MR) is 70.2 cm³/mol. The lowest BCUT2D eigenvalue weighted by Crippen LogP contribution is -2.26. The summed E-state index contributed by atoms with van der Waals surface area (Å²) >= 11 is 0. The van der Waals surface area contributed by atoms with Crippen molar-refractivity contribution in [2.45, 2.75) is 12.8 Å². The fourth-order valence-electron chi connectivity index (χ4n) is 2.32. The highest BCUT2D eigenvalue weighted by Crippen LogP contribution is 2.32. The summed E-state index contributed by atoms with van der Waals surface area (Å²) in [5.74, 6) is 0.691. The van der Waals surface area contributed by atoms with E-state index in [1.165, 1.54) is 0 Å². The van der Waals surface area contributed by atoms with Gasteiger partial charge in [-0.1, -0.05) is 36.4 Å². The summed E-state index contributed by atoms with van der Waals surface area (Å²) < 4.78 is 5.72. The van der Waals surface area contributed by atoms with Crippen molar-refractivity contribution in [1.29, 1.82) is 0 Å². The van der Waals surface area contributed by atoms with E-state index in [0.29, 0.717) is 17.9 Å². The molecule has 1 atom stereocenters. The molecule has 2 heteroatoms. The van der Waals surface area contributed by atoms with Crippen LogP contribution < -0.4 is 4.74 Å². The number of ketones is 1. The highest BCUT2D eigenvalue weighted by molar-refractivity contribution is 6.04. The van der Waals surface area contributed by atoms with E-state index in [0.717, 1.165) is 11.1 Å². The van der Waals surface area contributed by atoms with Crippen LogP contribution in [-0.4, -0.2) is 12.4 Å². The molecule has 0 aromatic heterocycles. The van der Waals surface area contributed by atoms with E-state index in [9.17, 15) is 4.79 Å². The van der Waals surface area contributed by atoms with Crippen LogP contribution in [0.2, 0.25) is 0 Å². The number of hydrogen-bond acceptors (Lipinski definition) is 2. The van der Waals surface area contributed by atoms with Gasteiger partial charge in [0.25, 0.3) is 0 Å². The summed E-state index contributed by atoms with van der Waals surface area (Å²) in [6.07, 6.45) is 0. The summed E-state index contributed by atoms with van der Waals surface area (Å²) in [6.45, 7) is 2.43. The number of rotatable bonds is 1. The molecule has 1 unspecified atom stereocenters. The molecule has 0 spiro atoms. The molecule has 0 amide bonds. The Bertz CT molecular complexity index is 587. The molecule has 1 aliphatic rings. The number of Topliss-reactive ketones (excluding diaryl/α,β-unsaturated/α-hetero) is 1. The topological polar surface area (TPSA) is 26.3 Å². The summed E-state index contributed by atoms with van der Waals surface area (Å²) in [6, 6.07) is 15.6. The Morgan fingerprint density at radius 1 is 1.11 bits per heavy atom. The van der Waals surface area contributed by atoms with E-state index in [-0.39, 0.29) is 11.7 Å². The average Bonchev–Trinajstić information content (AvgIpc) is 2.40. The molecule has 1 heterocycles. The fraction of sp³-hybridized carbons (Fsp3) is 0.188. The third kappa shape index (κ3) is 1.80. The van der Waals surface area contributed by atoms with Gasteiger partial charge in [-0.3, -0.25) is 4.79 Å². The van der Waals surface area contributed by atoms with Crippen LogP contribution in [0.15, 0.2) is 48.5 Å². The molecule has 0 radical (unpaired) electrons. The smallest absolute Gasteiger partial charge is 0.177 e. The van der Waals surface area contributed by atoms with Crippen LogP contribution >= 0.6 is 0 Å². The van der Waals surface area contributed by atoms with Crippen LogP contribution in [0.4, 0.5) is 0 Å². The molecular formula is C16H14O2. The van der Waals surface area contributed by atoms with Gasteiger partial charge in [-0.15, -0.1) is 0 Å². The molecule has 0 fully saturated rings. The first kappa shape index (κ1) is 11.0. The predicted octanol–water partition coefficient (Wildman–Crippen LogP) is 3.35. The minimum Gasteiger partial charge on any atom is -0.492 e. The number of carbonyl (C=O) groups excluding carboxylic acids is 1. The van der Waals surface area contributed by atoms with Gasteiger partial charge in [-0.2, -0.15) is 0 Å². The molecule has 18 heavy (non-hydrogen) atoms. The lowest BCUT2D eigenvalue weighted by molar-refractivity contribution is 0.0896. The van der Waals surface area contributed by atoms with Gasteiger partial charge in [0.15, 0.2) is 5.78 Å². The fourth-order valence-corrected chi connectivity index (χ4v) is 2.32. The van der Waals surface area contributed by atoms with Gasteiger partial charge >= 0.3 is 0 Å². The number of ether oxygens (including phenoxy) is 1. The van der Waals surface area contributed by atoms with Crippen molar-refractivity contribution in [1.82, 2.24) is 0 Å². The normalized spacial score (nSPS) is 18.1. The summed E-state index contributed by atoms with van der Waals surface area (Å²) in [5, 5.41) is 0. The summed E-state index contributed by atoms with van der Waals surface area (Å²) in [5.41, 5.74) is 2.83. The van der Waals surface area contributed by atoms with Crippen molar-refractivity contribution in [3.05, 3.63) is 65.2 Å². The average molecular weight is 238 g/mol. The first-order valence-electron chi connectivity index (χ1n) is 6.08. The first-order valence-corrected chi connectivity index (χ1v) is 6.08. The molecule has 3 rings (SSSR count). The Hall–Kier alpha value is -2.09. The largest absolute Gasteiger partial charge is 0.492 e. The van der Waals surface area contributed by atoms with Gasteiger partial charge in [-0.25, -0.2) is 0 Å². The second-order valence-electron chi connectivity index (χ2n) is 4.64. The monoisotopic (exact) mass is 238 g/mol. The number of carbonyl (C=O) groups is 1. The second-order valence-corrected chi connectivity index (χ2v) is 4.64. The number of benzene rings is 2. The lowest BCUT2D eigenvalue weighted by Gasteiger charge is -2.24. The van der Waals surface area contributed by atoms with Crippen LogP contribution in [0.5, 0.6) is 5.75 Å². The Morgan fingerprint density at radius 2 is 1.89 bits per heavy atom. The lowest BCUT2D eigenvalue weighted by atomic mass is 9.89. The Labute approximate surface area is 106 Å². The van der Waals surface area contributed by atoms with Gasteiger partial charge in [0.05, 0.1) is 11.5 Å². The van der Waals surface area contributed by atoms with E-state index in [2.05, 4.69) is 0 Å². The van der Waals surface area contributed by atoms with E-state index in [4.69, 9.17) is 4.74 Å². The van der Waals surface area contributed by atoms with Crippen molar-refractivity contribution >= 4 is 5.78 Å². The zero-order chi connectivity index (χ0) is 12.5. The van der Waals surface area contributed by atoms with Crippen molar-refractivity contribution < 1.29 is 9.53 Å². The van der Waals surface area contributed by atoms with Crippen molar-refractivity contribution in [3.8, 4) is 5.75 Å². The summed E-state index contributed by atoms with van der Waals surface area (Å²) in [4.78, 5) is 12.4. The van der Waals surface area contributed by atoms with Crippen molar-refractivity contribution in [3.63, 3.8) is 0 Å². The van der Waals surface area contributed by atoms with Gasteiger partial charge in [-0.05, 0) is 30.2 Å². The Morgan fingerprint density at radius 3 is 2.67 bits per heavy atom. The van der Waals surface area contributed by atoms with Gasteiger partial charge < -0.3 is 4.74 Å². The van der Waals surface area contributed by atoms with Crippen LogP contribution in [0.1, 0.15) is 27.4 Å². The van der Waals surface area contributed by atoms with Crippen LogP contribution in [0.3, 0.4) is 0 Å². The molecule has 1 aliphatic heterocycles. The van der Waals surface area contributed by atoms with Crippen LogP contribution in [-0.2, 0) is 0 Å². The standard InChI is InChI=1S/C16H14O2/c1-11-7-8-13-15(9-11)18-10-14(16(13)17)12-5-3-2-4-6-12/h2-9,14H,10H2,1H3. The minimum atomic E-state index is -0.179. The molecule has 2 aromatic carbocycles. The van der Waals surface area contributed by atoms with Gasteiger partial charge in [0.2, 0.25) is 0 Å². The number of hydrogen-bond donors (Lipinski definition) is 0. The maximum atomic E-state index is 12.4. The molecule has 0 N–H and O–H groups in total. The second kappa shape index (κ2) is 4.30. The molecule has 2 aromatic rings. The Kier molecular flexibility index (Phi) is 2.63. The van der Waals surface area contributed by atoms with E-state index in [1.54, 1.807) is 0 Å². The molecule has 90 valence electrons. The molecule has 0 bridgehead atoms. The number of aryl methyl sites for hydroxylation is 1. The molecule has 0 saturated heterocycles. The maximum absolute atomic E-state index is 12.4. The maximum Gasteiger partial charge on any atom is 0.177 e. The zero-order valence-electron chi connectivity index (χ0n) is 10.2. The van der Waals surface area contributed by atoms with Gasteiger partial charge in [0.1, 0.15) is 12.4 Å². The first-order chi connectivity index (χ1) is 8.75. The molecule has 0 aliphatic carbocycles. The van der Waals surface area contributed by atoms with Crippen LogP contribution in [0, 0.1) is 6.92 Å². The van der Waals surface area contributed by atoms with E-state index >= 15 is 0 Å². The third-order valence-electron chi connectivity index (χ3n) is 3.33. The van der Waals surface area contributed by atoms with Crippen molar-refractivity contribution in [2.75, 3.05) is 6.61 Å². The minimum absolute atomic E-state index is 0.155. The molecule has 0 saturated carbocycles. The third-order valence-corrected chi connectivity index (χ3v) is 3.33. The highest BCUT2D eigenvalue weighted by atomic mass is 16.5. The quantitative estimate of drug-likeness (QED) is 0.761. The summed E-state index contributed by atoms with van der Waals surface area (Å²) in [7, 11) is 0. The molecule has 2 nitrogen and oxygen atoms in total. The van der Waals surface area contributed by atoms with Crippen molar-refractivity contribution in [2.24, 2.45) is 0 Å². The van der Waals surface area contributed by atoms with E-state index in [1.807, 2.05) is 55.5 Å².